The molecule has 44 heavy (non-hydrogen) atoms. The van der Waals surface area contributed by atoms with Crippen molar-refractivity contribution in [3.63, 3.8) is 0 Å². The lowest BCUT2D eigenvalue weighted by Crippen LogP contribution is -2.25. The second-order valence-corrected chi connectivity index (χ2v) is 13.5. The molecule has 2 saturated carbocycles. The molecule has 1 nitrogen and oxygen atoms in total. The number of hydrogen-bond donors (Lipinski definition) is 0. The van der Waals surface area contributed by atoms with Crippen molar-refractivity contribution in [2.75, 3.05) is 6.61 Å². The van der Waals surface area contributed by atoms with Crippen molar-refractivity contribution in [1.82, 2.24) is 0 Å². The van der Waals surface area contributed by atoms with Crippen molar-refractivity contribution in [3.05, 3.63) is 77.6 Å². The van der Waals surface area contributed by atoms with Gasteiger partial charge < -0.3 is 4.74 Å². The molecule has 3 aromatic rings. The summed E-state index contributed by atoms with van der Waals surface area (Å²) in [6, 6.07) is 15.9. The average molecular weight is 605 g/mol. The third-order valence-corrected chi connectivity index (χ3v) is 10.6. The predicted octanol–water partition coefficient (Wildman–Crippen LogP) is 12.7. The Morgan fingerprint density at radius 1 is 0.614 bits per heavy atom. The maximum Gasteiger partial charge on any atom is 0.201 e. The van der Waals surface area contributed by atoms with Crippen molar-refractivity contribution < 1.29 is 17.9 Å². The van der Waals surface area contributed by atoms with Crippen molar-refractivity contribution in [2.24, 2.45) is 17.8 Å². The first-order valence-electron chi connectivity index (χ1n) is 17.5. The van der Waals surface area contributed by atoms with E-state index in [1.165, 1.54) is 70.3 Å². The average Bonchev–Trinajstić information content (AvgIpc) is 3.06. The van der Waals surface area contributed by atoms with Gasteiger partial charge in [-0.1, -0.05) is 102 Å². The summed E-state index contributed by atoms with van der Waals surface area (Å²) in [4.78, 5) is 0. The van der Waals surface area contributed by atoms with Gasteiger partial charge in [-0.15, -0.1) is 0 Å². The largest absolute Gasteiger partial charge is 0.490 e. The van der Waals surface area contributed by atoms with Crippen molar-refractivity contribution in [3.8, 4) is 28.0 Å². The highest BCUT2D eigenvalue weighted by molar-refractivity contribution is 5.71. The molecular formula is C40H51F3O. The smallest absolute Gasteiger partial charge is 0.201 e. The molecule has 0 bridgehead atoms. The molecule has 2 aliphatic carbocycles. The van der Waals surface area contributed by atoms with Gasteiger partial charge in [-0.25, -0.2) is 8.78 Å². The Morgan fingerprint density at radius 2 is 1.23 bits per heavy atom. The van der Waals surface area contributed by atoms with Gasteiger partial charge >= 0.3 is 0 Å². The van der Waals surface area contributed by atoms with Gasteiger partial charge in [0.15, 0.2) is 11.6 Å². The van der Waals surface area contributed by atoms with E-state index in [2.05, 4.69) is 13.8 Å². The van der Waals surface area contributed by atoms with Crippen LogP contribution in [0.5, 0.6) is 5.75 Å². The second-order valence-electron chi connectivity index (χ2n) is 13.5. The van der Waals surface area contributed by atoms with E-state index in [9.17, 15) is 8.78 Å². The van der Waals surface area contributed by atoms with Crippen LogP contribution in [0.1, 0.15) is 122 Å². The maximum absolute atomic E-state index is 15.5. The van der Waals surface area contributed by atoms with Crippen LogP contribution < -0.4 is 4.74 Å². The molecule has 5 rings (SSSR count). The van der Waals surface area contributed by atoms with Gasteiger partial charge in [-0.05, 0) is 109 Å². The summed E-state index contributed by atoms with van der Waals surface area (Å²) in [7, 11) is 0. The highest BCUT2D eigenvalue weighted by atomic mass is 19.2. The minimum Gasteiger partial charge on any atom is -0.490 e. The lowest BCUT2D eigenvalue weighted by Gasteiger charge is -2.38. The van der Waals surface area contributed by atoms with E-state index in [1.54, 1.807) is 24.3 Å². The van der Waals surface area contributed by atoms with Crippen LogP contribution in [0.4, 0.5) is 13.2 Å². The Hall–Kier alpha value is -2.75. The molecule has 0 radical (unpaired) electrons. The van der Waals surface area contributed by atoms with Gasteiger partial charge in [0.05, 0.1) is 6.61 Å². The van der Waals surface area contributed by atoms with E-state index < -0.39 is 11.6 Å². The van der Waals surface area contributed by atoms with Crippen LogP contribution in [0.3, 0.4) is 0 Å². The van der Waals surface area contributed by atoms with E-state index in [4.69, 9.17) is 4.74 Å². The number of rotatable bonds is 13. The molecule has 0 aromatic heterocycles. The molecule has 0 heterocycles. The molecule has 3 aromatic carbocycles. The van der Waals surface area contributed by atoms with E-state index in [0.717, 1.165) is 66.5 Å². The Bertz CT molecular complexity index is 1320. The Labute approximate surface area is 263 Å². The molecule has 0 saturated heterocycles. The first-order chi connectivity index (χ1) is 21.5. The van der Waals surface area contributed by atoms with E-state index in [-0.39, 0.29) is 17.1 Å². The zero-order valence-electron chi connectivity index (χ0n) is 26.9. The molecule has 0 unspecified atom stereocenters. The molecule has 238 valence electrons. The van der Waals surface area contributed by atoms with E-state index in [1.807, 2.05) is 24.3 Å². The standard InChI is InChI=1S/C40H51F3O/c1-3-5-7-9-28-10-12-29(13-11-28)30-14-18-32(19-15-30)35-23-22-34(27-37(35)41)31-16-20-33(21-17-31)36-24-25-38(40(43)39(36)42)44-26-8-6-4-2/h16-17,20-25,27-30,32H,3-15,18-19,26H2,1-2H3. The summed E-state index contributed by atoms with van der Waals surface area (Å²) in [6.45, 7) is 4.74. The highest BCUT2D eigenvalue weighted by Gasteiger charge is 2.32. The fourth-order valence-electron chi connectivity index (χ4n) is 7.81. The summed E-state index contributed by atoms with van der Waals surface area (Å²) in [5.41, 5.74) is 3.25. The first kappa shape index (κ1) is 32.6. The number of benzene rings is 3. The summed E-state index contributed by atoms with van der Waals surface area (Å²) < 4.78 is 50.5. The van der Waals surface area contributed by atoms with Gasteiger partial charge in [0, 0.05) is 5.56 Å². The van der Waals surface area contributed by atoms with Gasteiger partial charge in [0.25, 0.3) is 0 Å². The third-order valence-electron chi connectivity index (χ3n) is 10.6. The zero-order valence-corrected chi connectivity index (χ0v) is 26.9. The van der Waals surface area contributed by atoms with Crippen LogP contribution in [-0.4, -0.2) is 6.61 Å². The van der Waals surface area contributed by atoms with Crippen molar-refractivity contribution in [2.45, 2.75) is 116 Å². The quantitative estimate of drug-likeness (QED) is 0.176. The molecule has 0 aliphatic heterocycles. The molecule has 2 fully saturated rings. The number of hydrogen-bond acceptors (Lipinski definition) is 1. The van der Waals surface area contributed by atoms with E-state index in [0.29, 0.717) is 18.1 Å². The van der Waals surface area contributed by atoms with E-state index >= 15 is 4.39 Å². The SMILES string of the molecule is CCCCCOc1ccc(-c2ccc(-c3ccc(C4CCC(C5CCC(CCCCC)CC5)CC4)c(F)c3)cc2)c(F)c1F. The second kappa shape index (κ2) is 16.0. The fourth-order valence-corrected chi connectivity index (χ4v) is 7.81. The number of ether oxygens (including phenoxy) is 1. The lowest BCUT2D eigenvalue weighted by atomic mass is 9.68. The Balaban J connectivity index is 1.16. The van der Waals surface area contributed by atoms with Gasteiger partial charge in [0.1, 0.15) is 5.82 Å². The van der Waals surface area contributed by atoms with Crippen LogP contribution in [0.15, 0.2) is 54.6 Å². The van der Waals surface area contributed by atoms with Crippen molar-refractivity contribution >= 4 is 0 Å². The number of unbranched alkanes of at least 4 members (excludes halogenated alkanes) is 4. The molecule has 0 atom stereocenters. The normalized spacial score (nSPS) is 22.2. The predicted molar refractivity (Wildman–Crippen MR) is 176 cm³/mol. The van der Waals surface area contributed by atoms with Crippen LogP contribution in [-0.2, 0) is 0 Å². The van der Waals surface area contributed by atoms with Gasteiger partial charge in [0.2, 0.25) is 5.82 Å². The zero-order chi connectivity index (χ0) is 30.9. The van der Waals surface area contributed by atoms with Crippen LogP contribution in [0.2, 0.25) is 0 Å². The van der Waals surface area contributed by atoms with Gasteiger partial charge in [-0.2, -0.15) is 4.39 Å². The molecular weight excluding hydrogens is 553 g/mol. The van der Waals surface area contributed by atoms with Gasteiger partial charge in [-0.3, -0.25) is 0 Å². The monoisotopic (exact) mass is 604 g/mol. The highest BCUT2D eigenvalue weighted by Crippen LogP contribution is 2.45. The van der Waals surface area contributed by atoms with Crippen LogP contribution in [0, 0.1) is 35.2 Å². The molecule has 0 amide bonds. The molecule has 0 N–H and O–H groups in total. The Kier molecular flexibility index (Phi) is 11.9. The number of halogens is 3. The lowest BCUT2D eigenvalue weighted by molar-refractivity contribution is 0.155. The summed E-state index contributed by atoms with van der Waals surface area (Å²) >= 11 is 0. The minimum absolute atomic E-state index is 0.0525. The Morgan fingerprint density at radius 3 is 1.89 bits per heavy atom. The summed E-state index contributed by atoms with van der Waals surface area (Å²) in [6.07, 6.45) is 18.6. The topological polar surface area (TPSA) is 9.23 Å². The fraction of sp³-hybridized carbons (Fsp3) is 0.550. The van der Waals surface area contributed by atoms with Crippen molar-refractivity contribution in [1.29, 1.82) is 0 Å². The molecule has 4 heteroatoms. The summed E-state index contributed by atoms with van der Waals surface area (Å²) in [5, 5.41) is 0. The van der Waals surface area contributed by atoms with Crippen LogP contribution in [0.25, 0.3) is 22.3 Å². The molecule has 0 spiro atoms. The summed E-state index contributed by atoms with van der Waals surface area (Å²) in [5.74, 6) is 0.884. The molecule has 2 aliphatic rings. The minimum atomic E-state index is -0.958. The maximum atomic E-state index is 15.5. The van der Waals surface area contributed by atoms with Crippen LogP contribution >= 0.6 is 0 Å². The third kappa shape index (κ3) is 8.09. The first-order valence-corrected chi connectivity index (χ1v) is 17.5.